The fraction of sp³-hybridized carbons (Fsp3) is 0.458. The van der Waals surface area contributed by atoms with Gasteiger partial charge in [-0.1, -0.05) is 25.1 Å². The number of amides is 1. The first-order valence-corrected chi connectivity index (χ1v) is 12.4. The van der Waals surface area contributed by atoms with Crippen LogP contribution in [-0.2, 0) is 10.0 Å². The van der Waals surface area contributed by atoms with E-state index in [1.54, 1.807) is 43.3 Å². The van der Waals surface area contributed by atoms with Gasteiger partial charge in [0.15, 0.2) is 0 Å². The van der Waals surface area contributed by atoms with E-state index < -0.39 is 10.0 Å². The highest BCUT2D eigenvalue weighted by Crippen LogP contribution is 2.21. The van der Waals surface area contributed by atoms with Gasteiger partial charge in [-0.25, -0.2) is 8.42 Å². The Morgan fingerprint density at radius 2 is 1.84 bits per heavy atom. The Labute approximate surface area is 186 Å². The lowest BCUT2D eigenvalue weighted by Gasteiger charge is -2.35. The van der Waals surface area contributed by atoms with Gasteiger partial charge in [0.05, 0.1) is 4.90 Å². The SMILES string of the molecule is Cc1ccc(C)c(S(=O)(=O)Nc2cccc(C(=O)NC[C@H](C)N3CCC(C)CC3)c2)c1. The molecule has 1 aliphatic heterocycles. The van der Waals surface area contributed by atoms with Crippen LogP contribution in [0.4, 0.5) is 5.69 Å². The molecule has 2 N–H and O–H groups in total. The standard InChI is InChI=1S/C24H33N3O3S/c1-17-10-12-27(13-11-17)20(4)16-25-24(28)21-6-5-7-22(15-21)26-31(29,30)23-14-18(2)8-9-19(23)3/h5-9,14-15,17,20,26H,10-13,16H2,1-4H3,(H,25,28)/t20-/m0/s1. The first-order chi connectivity index (χ1) is 14.7. The molecule has 6 nitrogen and oxygen atoms in total. The van der Waals surface area contributed by atoms with Crippen LogP contribution in [0.5, 0.6) is 0 Å². The molecule has 0 spiro atoms. The van der Waals surface area contributed by atoms with Crippen molar-refractivity contribution in [2.45, 2.75) is 51.5 Å². The van der Waals surface area contributed by atoms with Crippen LogP contribution < -0.4 is 10.0 Å². The van der Waals surface area contributed by atoms with Crippen LogP contribution in [0, 0.1) is 19.8 Å². The van der Waals surface area contributed by atoms with Gasteiger partial charge in [0.1, 0.15) is 0 Å². The molecule has 0 radical (unpaired) electrons. The maximum absolute atomic E-state index is 12.9. The monoisotopic (exact) mass is 443 g/mol. The first kappa shape index (κ1) is 23.3. The molecule has 0 bridgehead atoms. The zero-order valence-electron chi connectivity index (χ0n) is 18.8. The summed E-state index contributed by atoms with van der Waals surface area (Å²) in [5, 5.41) is 2.99. The molecule has 1 saturated heterocycles. The van der Waals surface area contributed by atoms with E-state index in [0.29, 0.717) is 23.4 Å². The molecule has 0 aromatic heterocycles. The third-order valence-electron chi connectivity index (χ3n) is 6.01. The van der Waals surface area contributed by atoms with E-state index >= 15 is 0 Å². The van der Waals surface area contributed by atoms with Gasteiger partial charge in [0.2, 0.25) is 0 Å². The first-order valence-electron chi connectivity index (χ1n) is 10.9. The summed E-state index contributed by atoms with van der Waals surface area (Å²) in [6.07, 6.45) is 2.39. The summed E-state index contributed by atoms with van der Waals surface area (Å²) in [4.78, 5) is 15.3. The molecule has 0 saturated carbocycles. The zero-order valence-corrected chi connectivity index (χ0v) is 19.6. The number of piperidine rings is 1. The normalized spacial score (nSPS) is 16.6. The number of sulfonamides is 1. The summed E-state index contributed by atoms with van der Waals surface area (Å²) in [5.74, 6) is 0.568. The van der Waals surface area contributed by atoms with Crippen LogP contribution in [0.3, 0.4) is 0 Å². The largest absolute Gasteiger partial charge is 0.350 e. The van der Waals surface area contributed by atoms with E-state index in [0.717, 1.165) is 24.6 Å². The predicted molar refractivity (Wildman–Crippen MR) is 125 cm³/mol. The van der Waals surface area contributed by atoms with Crippen LogP contribution in [0.1, 0.15) is 48.2 Å². The quantitative estimate of drug-likeness (QED) is 0.679. The van der Waals surface area contributed by atoms with Gasteiger partial charge < -0.3 is 5.32 Å². The van der Waals surface area contributed by atoms with E-state index in [2.05, 4.69) is 28.8 Å². The zero-order chi connectivity index (χ0) is 22.6. The Balaban J connectivity index is 1.64. The highest BCUT2D eigenvalue weighted by molar-refractivity contribution is 7.92. The van der Waals surface area contributed by atoms with Gasteiger partial charge in [-0.15, -0.1) is 0 Å². The van der Waals surface area contributed by atoms with Crippen LogP contribution in [0.2, 0.25) is 0 Å². The summed E-state index contributed by atoms with van der Waals surface area (Å²) in [6.45, 7) is 10.7. The molecule has 3 rings (SSSR count). The number of likely N-dealkylation sites (tertiary alicyclic amines) is 1. The van der Waals surface area contributed by atoms with E-state index in [9.17, 15) is 13.2 Å². The number of benzene rings is 2. The van der Waals surface area contributed by atoms with E-state index in [4.69, 9.17) is 0 Å². The van der Waals surface area contributed by atoms with Crippen molar-refractivity contribution in [1.82, 2.24) is 10.2 Å². The maximum Gasteiger partial charge on any atom is 0.262 e. The number of hydrogen-bond acceptors (Lipinski definition) is 4. The highest BCUT2D eigenvalue weighted by Gasteiger charge is 2.21. The van der Waals surface area contributed by atoms with E-state index in [1.807, 2.05) is 13.0 Å². The lowest BCUT2D eigenvalue weighted by Crippen LogP contribution is -2.45. The number of nitrogens with one attached hydrogen (secondary N) is 2. The Bertz CT molecular complexity index is 1030. The van der Waals surface area contributed by atoms with Crippen molar-refractivity contribution in [3.63, 3.8) is 0 Å². The van der Waals surface area contributed by atoms with Crippen LogP contribution in [-0.4, -0.2) is 44.9 Å². The molecular formula is C24H33N3O3S. The minimum absolute atomic E-state index is 0.204. The van der Waals surface area contributed by atoms with E-state index in [1.165, 1.54) is 12.8 Å². The summed E-state index contributed by atoms with van der Waals surface area (Å²) in [6, 6.07) is 12.2. The molecule has 1 amide bonds. The lowest BCUT2D eigenvalue weighted by atomic mass is 9.98. The van der Waals surface area contributed by atoms with Gasteiger partial charge in [-0.3, -0.25) is 14.4 Å². The number of carbonyl (C=O) groups excluding carboxylic acids is 1. The fourth-order valence-corrected chi connectivity index (χ4v) is 5.25. The van der Waals surface area contributed by atoms with Crippen molar-refractivity contribution < 1.29 is 13.2 Å². The Kier molecular flexibility index (Phi) is 7.38. The number of carbonyl (C=O) groups is 1. The minimum Gasteiger partial charge on any atom is -0.350 e. The molecule has 1 fully saturated rings. The number of aryl methyl sites for hydroxylation is 2. The van der Waals surface area contributed by atoms with Gasteiger partial charge in [0.25, 0.3) is 15.9 Å². The number of anilines is 1. The van der Waals surface area contributed by atoms with Crippen molar-refractivity contribution in [1.29, 1.82) is 0 Å². The molecule has 1 aliphatic rings. The van der Waals surface area contributed by atoms with Crippen molar-refractivity contribution in [2.24, 2.45) is 5.92 Å². The lowest BCUT2D eigenvalue weighted by molar-refractivity contribution is 0.0921. The van der Waals surface area contributed by atoms with Crippen LogP contribution in [0.15, 0.2) is 47.4 Å². The predicted octanol–water partition coefficient (Wildman–Crippen LogP) is 3.95. The molecule has 1 heterocycles. The van der Waals surface area contributed by atoms with Crippen LogP contribution in [0.25, 0.3) is 0 Å². The van der Waals surface area contributed by atoms with Crippen LogP contribution >= 0.6 is 0 Å². The third kappa shape index (κ3) is 6.08. The number of rotatable bonds is 7. The molecule has 0 unspecified atom stereocenters. The summed E-state index contributed by atoms with van der Waals surface area (Å²) in [7, 11) is -3.74. The summed E-state index contributed by atoms with van der Waals surface area (Å²) < 4.78 is 28.3. The van der Waals surface area contributed by atoms with Crippen molar-refractivity contribution >= 4 is 21.6 Å². The average molecular weight is 444 g/mol. The Hall–Kier alpha value is -2.38. The van der Waals surface area contributed by atoms with Gasteiger partial charge in [-0.05, 0) is 88.0 Å². The molecule has 2 aromatic carbocycles. The fourth-order valence-electron chi connectivity index (χ4n) is 3.87. The Morgan fingerprint density at radius 1 is 1.13 bits per heavy atom. The molecule has 7 heteroatoms. The van der Waals surface area contributed by atoms with Gasteiger partial charge >= 0.3 is 0 Å². The molecular weight excluding hydrogens is 410 g/mol. The van der Waals surface area contributed by atoms with E-state index in [-0.39, 0.29) is 16.8 Å². The molecule has 1 atom stereocenters. The molecule has 0 aliphatic carbocycles. The second kappa shape index (κ2) is 9.83. The van der Waals surface area contributed by atoms with Crippen molar-refractivity contribution in [3.8, 4) is 0 Å². The minimum atomic E-state index is -3.74. The van der Waals surface area contributed by atoms with Crippen molar-refractivity contribution in [3.05, 3.63) is 59.2 Å². The van der Waals surface area contributed by atoms with Gasteiger partial charge in [-0.2, -0.15) is 0 Å². The number of hydrogen-bond donors (Lipinski definition) is 2. The smallest absolute Gasteiger partial charge is 0.262 e. The average Bonchev–Trinajstić information content (AvgIpc) is 2.73. The third-order valence-corrected chi connectivity index (χ3v) is 7.53. The number of nitrogens with zero attached hydrogens (tertiary/aromatic N) is 1. The highest BCUT2D eigenvalue weighted by atomic mass is 32.2. The molecule has 168 valence electrons. The molecule has 31 heavy (non-hydrogen) atoms. The second-order valence-corrected chi connectivity index (χ2v) is 10.4. The summed E-state index contributed by atoms with van der Waals surface area (Å²) >= 11 is 0. The van der Waals surface area contributed by atoms with Gasteiger partial charge in [0, 0.05) is 23.8 Å². The topological polar surface area (TPSA) is 78.5 Å². The maximum atomic E-state index is 12.9. The molecule has 2 aromatic rings. The van der Waals surface area contributed by atoms with Crippen molar-refractivity contribution in [2.75, 3.05) is 24.4 Å². The summed E-state index contributed by atoms with van der Waals surface area (Å²) in [5.41, 5.74) is 2.34. The Morgan fingerprint density at radius 3 is 2.55 bits per heavy atom. The second-order valence-electron chi connectivity index (χ2n) is 8.73.